The Balaban J connectivity index is 2.06. The third kappa shape index (κ3) is 2.15. The number of hydrogen-bond acceptors (Lipinski definition) is 4. The quantitative estimate of drug-likeness (QED) is 0.487. The van der Waals surface area contributed by atoms with Gasteiger partial charge in [0.15, 0.2) is 5.41 Å². The van der Waals surface area contributed by atoms with Crippen LogP contribution in [-0.4, -0.2) is 24.1 Å². The third-order valence-electron chi connectivity index (χ3n) is 4.07. The molecule has 0 N–H and O–H groups in total. The van der Waals surface area contributed by atoms with Gasteiger partial charge in [-0.1, -0.05) is 36.4 Å². The summed E-state index contributed by atoms with van der Waals surface area (Å²) in [7, 11) is 0. The van der Waals surface area contributed by atoms with Gasteiger partial charge in [0.05, 0.1) is 6.10 Å². The number of esters is 2. The van der Waals surface area contributed by atoms with Gasteiger partial charge in [0, 0.05) is 5.92 Å². The van der Waals surface area contributed by atoms with E-state index in [9.17, 15) is 9.59 Å². The van der Waals surface area contributed by atoms with Gasteiger partial charge < -0.3 is 9.47 Å². The van der Waals surface area contributed by atoms with Crippen LogP contribution >= 0.6 is 0 Å². The Kier molecular flexibility index (Phi) is 3.32. The van der Waals surface area contributed by atoms with E-state index >= 15 is 0 Å². The zero-order chi connectivity index (χ0) is 15.0. The standard InChI is InChI=1S/C17H18O4/c1-11(2)20-15(18)17-9-8-13(21-16(17)19)10-14(17)12-6-4-3-5-7-12/h3-9,11,13-14H,10H2,1-2H3/t13-,14-,17+/m0/s1. The Morgan fingerprint density at radius 3 is 2.67 bits per heavy atom. The molecular formula is C17H18O4. The second-order valence-corrected chi connectivity index (χ2v) is 5.82. The SMILES string of the molecule is CC(C)OC(=O)[C@@]12C=C[C@@H](C[C@H]1c1ccccc1)OC2=O. The van der Waals surface area contributed by atoms with Gasteiger partial charge in [-0.2, -0.15) is 0 Å². The molecule has 1 aromatic carbocycles. The van der Waals surface area contributed by atoms with E-state index in [2.05, 4.69) is 0 Å². The fraction of sp³-hybridized carbons (Fsp3) is 0.412. The molecule has 4 heteroatoms. The highest BCUT2D eigenvalue weighted by Gasteiger charge is 2.59. The Morgan fingerprint density at radius 1 is 1.33 bits per heavy atom. The predicted octanol–water partition coefficient (Wildman–Crippen LogP) is 2.59. The lowest BCUT2D eigenvalue weighted by Crippen LogP contribution is -2.54. The van der Waals surface area contributed by atoms with Crippen molar-refractivity contribution in [2.24, 2.45) is 5.41 Å². The lowest BCUT2D eigenvalue weighted by molar-refractivity contribution is -0.183. The molecule has 110 valence electrons. The Morgan fingerprint density at radius 2 is 2.05 bits per heavy atom. The first kappa shape index (κ1) is 13.9. The van der Waals surface area contributed by atoms with Gasteiger partial charge in [-0.15, -0.1) is 0 Å². The molecule has 4 rings (SSSR count). The van der Waals surface area contributed by atoms with Crippen LogP contribution in [0.3, 0.4) is 0 Å². The van der Waals surface area contributed by atoms with E-state index in [0.717, 1.165) is 5.56 Å². The summed E-state index contributed by atoms with van der Waals surface area (Å²) in [6.07, 6.45) is 3.55. The fourth-order valence-electron chi connectivity index (χ4n) is 3.09. The van der Waals surface area contributed by atoms with Gasteiger partial charge >= 0.3 is 11.9 Å². The van der Waals surface area contributed by atoms with Crippen molar-refractivity contribution in [3.63, 3.8) is 0 Å². The largest absolute Gasteiger partial charge is 0.462 e. The minimum absolute atomic E-state index is 0.235. The molecule has 21 heavy (non-hydrogen) atoms. The normalized spacial score (nSPS) is 30.3. The summed E-state index contributed by atoms with van der Waals surface area (Å²) < 4.78 is 10.7. The fourth-order valence-corrected chi connectivity index (χ4v) is 3.09. The number of carbonyl (C=O) groups is 2. The van der Waals surface area contributed by atoms with E-state index in [-0.39, 0.29) is 18.1 Å². The van der Waals surface area contributed by atoms with Gasteiger partial charge in [-0.05, 0) is 31.9 Å². The minimum Gasteiger partial charge on any atom is -0.462 e. The van der Waals surface area contributed by atoms with Gasteiger partial charge in [0.25, 0.3) is 0 Å². The summed E-state index contributed by atoms with van der Waals surface area (Å²) in [5.74, 6) is -1.26. The molecule has 0 saturated carbocycles. The Hall–Kier alpha value is -2.10. The highest BCUT2D eigenvalue weighted by molar-refractivity contribution is 6.05. The molecular weight excluding hydrogens is 268 g/mol. The van der Waals surface area contributed by atoms with Crippen LogP contribution in [0.1, 0.15) is 31.7 Å². The first-order valence-corrected chi connectivity index (χ1v) is 7.20. The third-order valence-corrected chi connectivity index (χ3v) is 4.07. The highest BCUT2D eigenvalue weighted by Crippen LogP contribution is 2.50. The van der Waals surface area contributed by atoms with E-state index < -0.39 is 17.4 Å². The minimum atomic E-state index is -1.35. The first-order chi connectivity index (χ1) is 10.0. The molecule has 1 saturated heterocycles. The van der Waals surface area contributed by atoms with Crippen LogP contribution < -0.4 is 0 Å². The molecule has 3 atom stereocenters. The summed E-state index contributed by atoms with van der Waals surface area (Å²) in [6.45, 7) is 3.55. The molecule has 0 spiro atoms. The smallest absolute Gasteiger partial charge is 0.328 e. The summed E-state index contributed by atoms with van der Waals surface area (Å²) in [4.78, 5) is 25.0. The lowest BCUT2D eigenvalue weighted by Gasteiger charge is -2.44. The van der Waals surface area contributed by atoms with Crippen LogP contribution in [0.4, 0.5) is 0 Å². The molecule has 0 aromatic heterocycles. The van der Waals surface area contributed by atoms with Gasteiger partial charge in [-0.25, -0.2) is 0 Å². The van der Waals surface area contributed by atoms with Crippen molar-refractivity contribution < 1.29 is 19.1 Å². The maximum Gasteiger partial charge on any atom is 0.328 e. The molecule has 3 aliphatic rings. The van der Waals surface area contributed by atoms with E-state index in [4.69, 9.17) is 9.47 Å². The number of benzene rings is 1. The van der Waals surface area contributed by atoms with Gasteiger partial charge in [0.1, 0.15) is 6.10 Å². The number of rotatable bonds is 3. The number of ether oxygens (including phenoxy) is 2. The predicted molar refractivity (Wildman–Crippen MR) is 76.5 cm³/mol. The zero-order valence-corrected chi connectivity index (χ0v) is 12.1. The molecule has 4 nitrogen and oxygen atoms in total. The van der Waals surface area contributed by atoms with Crippen molar-refractivity contribution in [1.29, 1.82) is 0 Å². The monoisotopic (exact) mass is 286 g/mol. The average molecular weight is 286 g/mol. The Labute approximate surface area is 123 Å². The molecule has 1 aliphatic carbocycles. The van der Waals surface area contributed by atoms with Crippen LogP contribution in [-0.2, 0) is 19.1 Å². The van der Waals surface area contributed by atoms with Crippen molar-refractivity contribution in [1.82, 2.24) is 0 Å². The maximum absolute atomic E-state index is 12.6. The van der Waals surface area contributed by atoms with E-state index in [1.807, 2.05) is 30.3 Å². The molecule has 2 heterocycles. The lowest BCUT2D eigenvalue weighted by atomic mass is 9.64. The van der Waals surface area contributed by atoms with Crippen LogP contribution in [0.15, 0.2) is 42.5 Å². The summed E-state index contributed by atoms with van der Waals surface area (Å²) >= 11 is 0. The van der Waals surface area contributed by atoms with Gasteiger partial charge in [0.2, 0.25) is 0 Å². The van der Waals surface area contributed by atoms with Crippen molar-refractivity contribution >= 4 is 11.9 Å². The van der Waals surface area contributed by atoms with E-state index in [1.54, 1.807) is 26.0 Å². The van der Waals surface area contributed by atoms with Crippen molar-refractivity contribution in [2.45, 2.75) is 38.4 Å². The summed E-state index contributed by atoms with van der Waals surface area (Å²) in [5, 5.41) is 0. The van der Waals surface area contributed by atoms with Crippen molar-refractivity contribution in [2.75, 3.05) is 0 Å². The van der Waals surface area contributed by atoms with Crippen LogP contribution in [0.25, 0.3) is 0 Å². The van der Waals surface area contributed by atoms with Crippen molar-refractivity contribution in [3.8, 4) is 0 Å². The van der Waals surface area contributed by atoms with Crippen LogP contribution in [0, 0.1) is 5.41 Å². The molecule has 0 unspecified atom stereocenters. The zero-order valence-electron chi connectivity index (χ0n) is 12.1. The second kappa shape index (κ2) is 5.02. The topological polar surface area (TPSA) is 52.6 Å². The number of carbonyl (C=O) groups excluding carboxylic acids is 2. The Bertz CT molecular complexity index is 590. The molecule has 0 amide bonds. The van der Waals surface area contributed by atoms with Crippen LogP contribution in [0.5, 0.6) is 0 Å². The summed E-state index contributed by atoms with van der Waals surface area (Å²) in [6, 6.07) is 9.62. The van der Waals surface area contributed by atoms with Gasteiger partial charge in [-0.3, -0.25) is 9.59 Å². The molecule has 0 radical (unpaired) electrons. The average Bonchev–Trinajstić information content (AvgIpc) is 2.47. The first-order valence-electron chi connectivity index (χ1n) is 7.20. The molecule has 1 fully saturated rings. The van der Waals surface area contributed by atoms with E-state index in [0.29, 0.717) is 6.42 Å². The molecule has 1 aromatic rings. The second-order valence-electron chi connectivity index (χ2n) is 5.82. The molecule has 2 aliphatic heterocycles. The highest BCUT2D eigenvalue weighted by atomic mass is 16.6. The number of hydrogen-bond donors (Lipinski definition) is 0. The van der Waals surface area contributed by atoms with Crippen molar-refractivity contribution in [3.05, 3.63) is 48.0 Å². The van der Waals surface area contributed by atoms with Crippen LogP contribution in [0.2, 0.25) is 0 Å². The van der Waals surface area contributed by atoms with E-state index in [1.165, 1.54) is 0 Å². The maximum atomic E-state index is 12.6. The number of fused-ring (bicyclic) bond motifs is 2. The summed E-state index contributed by atoms with van der Waals surface area (Å²) in [5.41, 5.74) is -0.385. The molecule has 2 bridgehead atoms.